The molecule has 2 atom stereocenters. The van der Waals surface area contributed by atoms with Gasteiger partial charge in [0.15, 0.2) is 0 Å². The third-order valence-electron chi connectivity index (χ3n) is 5.32. The summed E-state index contributed by atoms with van der Waals surface area (Å²) >= 11 is 0. The van der Waals surface area contributed by atoms with E-state index in [2.05, 4.69) is 24.3 Å². The molecule has 1 fully saturated rings. The minimum atomic E-state index is -4.35. The average molecular weight is 409 g/mol. The largest absolute Gasteiger partial charge is 0.493 e. The molecule has 0 heterocycles. The van der Waals surface area contributed by atoms with Crippen molar-refractivity contribution in [1.29, 1.82) is 0 Å². The van der Waals surface area contributed by atoms with Gasteiger partial charge in [0.05, 0.1) is 12.2 Å². The highest BCUT2D eigenvalue weighted by atomic mass is 19.4. The summed E-state index contributed by atoms with van der Waals surface area (Å²) in [6, 6.07) is 5.00. The van der Waals surface area contributed by atoms with Gasteiger partial charge in [0.1, 0.15) is 11.5 Å². The SMILES string of the molecule is CC(=O)CCC/C=C\C[C@H]1CCCC1/C=C/CCOc1cccc(C(F)(F)F)c1. The van der Waals surface area contributed by atoms with Gasteiger partial charge in [-0.15, -0.1) is 0 Å². The third-order valence-corrected chi connectivity index (χ3v) is 5.32. The maximum absolute atomic E-state index is 12.7. The summed E-state index contributed by atoms with van der Waals surface area (Å²) in [6.07, 6.45) is 12.4. The molecule has 2 nitrogen and oxygen atoms in total. The number of carbonyl (C=O) groups is 1. The second-order valence-corrected chi connectivity index (χ2v) is 7.75. The Morgan fingerprint density at radius 2 is 2.00 bits per heavy atom. The van der Waals surface area contributed by atoms with Crippen molar-refractivity contribution < 1.29 is 22.7 Å². The lowest BCUT2D eigenvalue weighted by molar-refractivity contribution is -0.137. The summed E-state index contributed by atoms with van der Waals surface area (Å²) in [5, 5.41) is 0. The monoisotopic (exact) mass is 408 g/mol. The van der Waals surface area contributed by atoms with Gasteiger partial charge in [-0.25, -0.2) is 0 Å². The van der Waals surface area contributed by atoms with Crippen LogP contribution in [0.1, 0.15) is 63.9 Å². The van der Waals surface area contributed by atoms with Gasteiger partial charge in [-0.1, -0.05) is 36.8 Å². The Labute approximate surface area is 171 Å². The molecule has 0 aromatic heterocycles. The molecular formula is C24H31F3O2. The van der Waals surface area contributed by atoms with E-state index in [1.165, 1.54) is 25.3 Å². The molecule has 0 bridgehead atoms. The second-order valence-electron chi connectivity index (χ2n) is 7.75. The highest BCUT2D eigenvalue weighted by Gasteiger charge is 2.30. The molecule has 0 aliphatic heterocycles. The first-order chi connectivity index (χ1) is 13.9. The predicted octanol–water partition coefficient (Wildman–Crippen LogP) is 7.15. The smallest absolute Gasteiger partial charge is 0.416 e. The van der Waals surface area contributed by atoms with Crippen molar-refractivity contribution in [3.63, 3.8) is 0 Å². The number of halogens is 3. The summed E-state index contributed by atoms with van der Waals surface area (Å²) in [5.41, 5.74) is -0.686. The van der Waals surface area contributed by atoms with Crippen LogP contribution in [0.2, 0.25) is 0 Å². The Balaban J connectivity index is 1.68. The van der Waals surface area contributed by atoms with E-state index in [1.54, 1.807) is 13.0 Å². The van der Waals surface area contributed by atoms with Crippen LogP contribution in [0.25, 0.3) is 0 Å². The van der Waals surface area contributed by atoms with E-state index in [0.717, 1.165) is 31.4 Å². The van der Waals surface area contributed by atoms with E-state index in [1.807, 2.05) is 0 Å². The van der Waals surface area contributed by atoms with Gasteiger partial charge in [0.2, 0.25) is 0 Å². The lowest BCUT2D eigenvalue weighted by Gasteiger charge is -2.14. The van der Waals surface area contributed by atoms with Crippen LogP contribution >= 0.6 is 0 Å². The van der Waals surface area contributed by atoms with Crippen molar-refractivity contribution in [3.8, 4) is 5.75 Å². The quantitative estimate of drug-likeness (QED) is 0.287. The molecular weight excluding hydrogens is 377 g/mol. The number of hydrogen-bond donors (Lipinski definition) is 0. The van der Waals surface area contributed by atoms with Crippen molar-refractivity contribution in [3.05, 3.63) is 54.1 Å². The molecule has 5 heteroatoms. The van der Waals surface area contributed by atoms with Crippen LogP contribution in [0.15, 0.2) is 48.6 Å². The Morgan fingerprint density at radius 1 is 1.17 bits per heavy atom. The van der Waals surface area contributed by atoms with E-state index in [0.29, 0.717) is 31.3 Å². The first kappa shape index (κ1) is 23.2. The maximum atomic E-state index is 12.7. The first-order valence-electron chi connectivity index (χ1n) is 10.5. The molecule has 1 unspecified atom stereocenters. The van der Waals surface area contributed by atoms with Crippen LogP contribution in [-0.2, 0) is 11.0 Å². The fraction of sp³-hybridized carbons (Fsp3) is 0.542. The fourth-order valence-corrected chi connectivity index (χ4v) is 3.75. The van der Waals surface area contributed by atoms with Gasteiger partial charge in [0.25, 0.3) is 0 Å². The molecule has 0 radical (unpaired) electrons. The van der Waals surface area contributed by atoms with Crippen molar-refractivity contribution in [2.45, 2.75) is 64.5 Å². The second kappa shape index (κ2) is 11.8. The predicted molar refractivity (Wildman–Crippen MR) is 110 cm³/mol. The van der Waals surface area contributed by atoms with Crippen molar-refractivity contribution >= 4 is 5.78 Å². The van der Waals surface area contributed by atoms with Gasteiger partial charge in [0, 0.05) is 6.42 Å². The zero-order chi connectivity index (χ0) is 21.1. The number of alkyl halides is 3. The standard InChI is InChI=1S/C24H31F3O2/c1-19(28)10-4-2-3-5-11-20-13-8-14-21(20)12-6-7-17-29-23-16-9-15-22(18-23)24(25,26)27/h3,5-6,9,12,15-16,18,20-21H,2,4,7-8,10-11,13-14,17H2,1H3/b5-3-,12-6+/t20-,21?/m0/s1. The van der Waals surface area contributed by atoms with E-state index in [-0.39, 0.29) is 11.5 Å². The fourth-order valence-electron chi connectivity index (χ4n) is 3.75. The Hall–Kier alpha value is -2.04. The number of benzene rings is 1. The summed E-state index contributed by atoms with van der Waals surface area (Å²) in [5.74, 6) is 1.71. The average Bonchev–Trinajstić information content (AvgIpc) is 3.11. The molecule has 29 heavy (non-hydrogen) atoms. The summed E-state index contributed by atoms with van der Waals surface area (Å²) in [4.78, 5) is 10.9. The van der Waals surface area contributed by atoms with Gasteiger partial charge >= 0.3 is 6.18 Å². The number of hydrogen-bond acceptors (Lipinski definition) is 2. The summed E-state index contributed by atoms with van der Waals surface area (Å²) < 4.78 is 43.6. The van der Waals surface area contributed by atoms with Gasteiger partial charge < -0.3 is 9.53 Å². The highest BCUT2D eigenvalue weighted by Crippen LogP contribution is 2.35. The molecule has 1 saturated carbocycles. The summed E-state index contributed by atoms with van der Waals surface area (Å²) in [6.45, 7) is 2.00. The number of Topliss-reactive ketones (excluding diaryl/α,β-unsaturated/α-hetero) is 1. The van der Waals surface area contributed by atoms with Crippen LogP contribution in [0.3, 0.4) is 0 Å². The molecule has 0 N–H and O–H groups in total. The topological polar surface area (TPSA) is 26.3 Å². The molecule has 0 amide bonds. The van der Waals surface area contributed by atoms with Gasteiger partial charge in [-0.2, -0.15) is 13.2 Å². The van der Waals surface area contributed by atoms with E-state index < -0.39 is 11.7 Å². The van der Waals surface area contributed by atoms with E-state index in [4.69, 9.17) is 4.74 Å². The Kier molecular flexibility index (Phi) is 9.49. The molecule has 1 aromatic carbocycles. The molecule has 160 valence electrons. The first-order valence-corrected chi connectivity index (χ1v) is 10.5. The molecule has 1 aliphatic carbocycles. The highest BCUT2D eigenvalue weighted by molar-refractivity contribution is 5.75. The normalized spacial score (nSPS) is 20.0. The Bertz CT molecular complexity index is 692. The Morgan fingerprint density at radius 3 is 2.76 bits per heavy atom. The van der Waals surface area contributed by atoms with Gasteiger partial charge in [-0.3, -0.25) is 0 Å². The zero-order valence-electron chi connectivity index (χ0n) is 17.1. The summed E-state index contributed by atoms with van der Waals surface area (Å²) in [7, 11) is 0. The number of carbonyl (C=O) groups excluding carboxylic acids is 1. The van der Waals surface area contributed by atoms with Crippen LogP contribution in [-0.4, -0.2) is 12.4 Å². The van der Waals surface area contributed by atoms with Crippen molar-refractivity contribution in [2.24, 2.45) is 11.8 Å². The number of unbranched alkanes of at least 4 members (excludes halogenated alkanes) is 1. The number of allylic oxidation sites excluding steroid dienone is 3. The van der Waals surface area contributed by atoms with Crippen LogP contribution < -0.4 is 4.74 Å². The minimum absolute atomic E-state index is 0.247. The van der Waals surface area contributed by atoms with E-state index in [9.17, 15) is 18.0 Å². The number of rotatable bonds is 11. The lowest BCUT2D eigenvalue weighted by Crippen LogP contribution is -2.05. The zero-order valence-corrected chi connectivity index (χ0v) is 17.1. The maximum Gasteiger partial charge on any atom is 0.416 e. The number of ether oxygens (including phenoxy) is 1. The van der Waals surface area contributed by atoms with Crippen LogP contribution in [0.4, 0.5) is 13.2 Å². The molecule has 1 aliphatic rings. The van der Waals surface area contributed by atoms with Crippen LogP contribution in [0.5, 0.6) is 5.75 Å². The third kappa shape index (κ3) is 8.88. The van der Waals surface area contributed by atoms with Crippen molar-refractivity contribution in [1.82, 2.24) is 0 Å². The molecule has 1 aromatic rings. The van der Waals surface area contributed by atoms with Crippen molar-refractivity contribution in [2.75, 3.05) is 6.61 Å². The minimum Gasteiger partial charge on any atom is -0.493 e. The number of ketones is 1. The molecule has 0 saturated heterocycles. The molecule has 2 rings (SSSR count). The lowest BCUT2D eigenvalue weighted by atomic mass is 9.92. The molecule has 0 spiro atoms. The van der Waals surface area contributed by atoms with E-state index >= 15 is 0 Å². The van der Waals surface area contributed by atoms with Gasteiger partial charge in [-0.05, 0) is 75.5 Å². The van der Waals surface area contributed by atoms with Crippen LogP contribution in [0, 0.1) is 11.8 Å².